The Morgan fingerprint density at radius 1 is 1.03 bits per heavy atom. The van der Waals surface area contributed by atoms with E-state index in [-0.39, 0.29) is 11.4 Å². The Balaban J connectivity index is 1.58. The molecule has 1 aromatic heterocycles. The first kappa shape index (κ1) is 20.9. The average Bonchev–Trinajstić information content (AvgIpc) is 3.28. The van der Waals surface area contributed by atoms with Crippen LogP contribution in [-0.2, 0) is 21.3 Å². The Labute approximate surface area is 175 Å². The smallest absolute Gasteiger partial charge is 0.241 e. The number of nitrogens with one attached hydrogen (secondary N) is 1. The van der Waals surface area contributed by atoms with Gasteiger partial charge < -0.3 is 14.5 Å². The fourth-order valence-corrected chi connectivity index (χ4v) is 4.79. The van der Waals surface area contributed by atoms with Gasteiger partial charge in [-0.25, -0.2) is 17.5 Å². The van der Waals surface area contributed by atoms with E-state index in [4.69, 9.17) is 4.74 Å². The molecule has 0 saturated carbocycles. The van der Waals surface area contributed by atoms with Crippen LogP contribution >= 0.6 is 0 Å². The van der Waals surface area contributed by atoms with E-state index in [0.717, 1.165) is 32.0 Å². The lowest BCUT2D eigenvalue weighted by Crippen LogP contribution is -2.38. The van der Waals surface area contributed by atoms with Gasteiger partial charge in [-0.2, -0.15) is 15.0 Å². The van der Waals surface area contributed by atoms with Gasteiger partial charge in [-0.1, -0.05) is 0 Å². The molecule has 3 heterocycles. The lowest BCUT2D eigenvalue weighted by atomic mass is 10.2. The molecule has 1 N–H and O–H groups in total. The van der Waals surface area contributed by atoms with Crippen molar-refractivity contribution in [1.29, 1.82) is 0 Å². The molecule has 0 atom stereocenters. The third kappa shape index (κ3) is 4.68. The second-order valence-corrected chi connectivity index (χ2v) is 9.11. The SMILES string of the molecule is Cc1cc(F)ccc1S(=O)(=O)NCc1nc(N2CCCC2)nc(N2CCOCC2)n1. The molecule has 0 amide bonds. The van der Waals surface area contributed by atoms with Crippen molar-refractivity contribution in [3.8, 4) is 0 Å². The van der Waals surface area contributed by atoms with Gasteiger partial charge in [-0.05, 0) is 43.5 Å². The molecule has 4 rings (SSSR count). The monoisotopic (exact) mass is 436 g/mol. The summed E-state index contributed by atoms with van der Waals surface area (Å²) in [6.45, 7) is 5.74. The van der Waals surface area contributed by atoms with Gasteiger partial charge >= 0.3 is 0 Å². The third-order valence-corrected chi connectivity index (χ3v) is 6.75. The second kappa shape index (κ2) is 8.78. The van der Waals surface area contributed by atoms with Crippen molar-refractivity contribution in [1.82, 2.24) is 19.7 Å². The summed E-state index contributed by atoms with van der Waals surface area (Å²) < 4.78 is 46.7. The van der Waals surface area contributed by atoms with Gasteiger partial charge in [0.05, 0.1) is 24.7 Å². The van der Waals surface area contributed by atoms with Crippen LogP contribution in [0.4, 0.5) is 16.3 Å². The Hall–Kier alpha value is -2.37. The third-order valence-electron chi connectivity index (χ3n) is 5.19. The lowest BCUT2D eigenvalue weighted by molar-refractivity contribution is 0.122. The second-order valence-electron chi connectivity index (χ2n) is 7.38. The van der Waals surface area contributed by atoms with Gasteiger partial charge in [0, 0.05) is 26.2 Å². The van der Waals surface area contributed by atoms with Crippen molar-refractivity contribution in [2.24, 2.45) is 0 Å². The predicted molar refractivity (Wildman–Crippen MR) is 109 cm³/mol. The molecule has 9 nitrogen and oxygen atoms in total. The van der Waals surface area contributed by atoms with E-state index in [1.54, 1.807) is 6.92 Å². The summed E-state index contributed by atoms with van der Waals surface area (Å²) in [6, 6.07) is 3.58. The van der Waals surface area contributed by atoms with Crippen molar-refractivity contribution >= 4 is 21.9 Å². The summed E-state index contributed by atoms with van der Waals surface area (Å²) in [5.41, 5.74) is 0.338. The molecule has 0 unspecified atom stereocenters. The number of morpholine rings is 1. The standard InChI is InChI=1S/C19H25FN6O3S/c1-14-12-15(20)4-5-16(14)30(27,28)21-13-17-22-18(25-6-2-3-7-25)24-19(23-17)26-8-10-29-11-9-26/h4-5,12,21H,2-3,6-11,13H2,1H3. The van der Waals surface area contributed by atoms with E-state index in [0.29, 0.717) is 49.6 Å². The van der Waals surface area contributed by atoms with Crippen molar-refractivity contribution in [3.63, 3.8) is 0 Å². The number of rotatable bonds is 6. The van der Waals surface area contributed by atoms with Crippen LogP contribution in [0, 0.1) is 12.7 Å². The minimum atomic E-state index is -3.84. The van der Waals surface area contributed by atoms with E-state index < -0.39 is 15.8 Å². The number of anilines is 2. The maximum atomic E-state index is 13.3. The largest absolute Gasteiger partial charge is 0.378 e. The Morgan fingerprint density at radius 3 is 2.30 bits per heavy atom. The highest BCUT2D eigenvalue weighted by atomic mass is 32.2. The topological polar surface area (TPSA) is 101 Å². The molecule has 1 aromatic carbocycles. The summed E-state index contributed by atoms with van der Waals surface area (Å²) in [7, 11) is -3.84. The normalized spacial score (nSPS) is 17.5. The maximum absolute atomic E-state index is 13.3. The summed E-state index contributed by atoms with van der Waals surface area (Å²) in [4.78, 5) is 17.8. The molecule has 0 spiro atoms. The molecular formula is C19H25FN6O3S. The number of nitrogens with zero attached hydrogens (tertiary/aromatic N) is 5. The van der Waals surface area contributed by atoms with Gasteiger partial charge in [0.2, 0.25) is 21.9 Å². The summed E-state index contributed by atoms with van der Waals surface area (Å²) in [5, 5.41) is 0. The van der Waals surface area contributed by atoms with Crippen LogP contribution in [0.2, 0.25) is 0 Å². The zero-order valence-corrected chi connectivity index (χ0v) is 17.7. The van der Waals surface area contributed by atoms with Gasteiger partial charge in [0.25, 0.3) is 0 Å². The zero-order chi connectivity index (χ0) is 21.1. The highest BCUT2D eigenvalue weighted by molar-refractivity contribution is 7.89. The Kier molecular flexibility index (Phi) is 6.11. The van der Waals surface area contributed by atoms with Crippen molar-refractivity contribution in [2.45, 2.75) is 31.2 Å². The van der Waals surface area contributed by atoms with Crippen molar-refractivity contribution in [3.05, 3.63) is 35.4 Å². The molecule has 2 aliphatic heterocycles. The van der Waals surface area contributed by atoms with Crippen molar-refractivity contribution < 1.29 is 17.5 Å². The summed E-state index contributed by atoms with van der Waals surface area (Å²) in [5.74, 6) is 0.963. The molecule has 0 aliphatic carbocycles. The molecule has 162 valence electrons. The van der Waals surface area contributed by atoms with Crippen LogP contribution in [0.5, 0.6) is 0 Å². The van der Waals surface area contributed by atoms with E-state index in [2.05, 4.69) is 24.6 Å². The first-order valence-electron chi connectivity index (χ1n) is 10.0. The number of aryl methyl sites for hydroxylation is 1. The van der Waals surface area contributed by atoms with Crippen LogP contribution in [-0.4, -0.2) is 62.8 Å². The molecule has 11 heteroatoms. The Morgan fingerprint density at radius 2 is 1.67 bits per heavy atom. The quantitative estimate of drug-likeness (QED) is 0.722. The Bertz CT molecular complexity index is 1010. The molecule has 2 aliphatic rings. The minimum Gasteiger partial charge on any atom is -0.378 e. The zero-order valence-electron chi connectivity index (χ0n) is 16.8. The molecule has 30 heavy (non-hydrogen) atoms. The highest BCUT2D eigenvalue weighted by Crippen LogP contribution is 2.20. The first-order chi connectivity index (χ1) is 14.4. The minimum absolute atomic E-state index is 0.0334. The first-order valence-corrected chi connectivity index (χ1v) is 11.5. The van der Waals surface area contributed by atoms with Gasteiger partial charge in [0.1, 0.15) is 5.82 Å². The fraction of sp³-hybridized carbons (Fsp3) is 0.526. The number of halogens is 1. The number of benzene rings is 1. The highest BCUT2D eigenvalue weighted by Gasteiger charge is 2.23. The van der Waals surface area contributed by atoms with E-state index >= 15 is 0 Å². The number of ether oxygens (including phenoxy) is 1. The number of hydrogen-bond donors (Lipinski definition) is 1. The predicted octanol–water partition coefficient (Wildman–Crippen LogP) is 1.23. The van der Waals surface area contributed by atoms with Crippen LogP contribution in [0.25, 0.3) is 0 Å². The van der Waals surface area contributed by atoms with Crippen LogP contribution in [0.3, 0.4) is 0 Å². The van der Waals surface area contributed by atoms with Crippen LogP contribution in [0.1, 0.15) is 24.2 Å². The fourth-order valence-electron chi connectivity index (χ4n) is 3.59. The molecule has 2 aromatic rings. The lowest BCUT2D eigenvalue weighted by Gasteiger charge is -2.28. The molecular weight excluding hydrogens is 411 g/mol. The van der Waals surface area contributed by atoms with Crippen LogP contribution < -0.4 is 14.5 Å². The van der Waals surface area contributed by atoms with E-state index in [9.17, 15) is 12.8 Å². The van der Waals surface area contributed by atoms with E-state index in [1.165, 1.54) is 12.1 Å². The maximum Gasteiger partial charge on any atom is 0.241 e. The number of sulfonamides is 1. The van der Waals surface area contributed by atoms with Gasteiger partial charge in [0.15, 0.2) is 5.82 Å². The molecule has 2 fully saturated rings. The molecule has 0 radical (unpaired) electrons. The number of aromatic nitrogens is 3. The molecule has 2 saturated heterocycles. The summed E-state index contributed by atoms with van der Waals surface area (Å²) >= 11 is 0. The van der Waals surface area contributed by atoms with Gasteiger partial charge in [-0.3, -0.25) is 0 Å². The molecule has 0 bridgehead atoms. The summed E-state index contributed by atoms with van der Waals surface area (Å²) in [6.07, 6.45) is 2.15. The van der Waals surface area contributed by atoms with Gasteiger partial charge in [-0.15, -0.1) is 0 Å². The number of hydrogen-bond acceptors (Lipinski definition) is 8. The average molecular weight is 437 g/mol. The van der Waals surface area contributed by atoms with E-state index in [1.807, 2.05) is 4.90 Å². The van der Waals surface area contributed by atoms with Crippen molar-refractivity contribution in [2.75, 3.05) is 49.2 Å². The van der Waals surface area contributed by atoms with Crippen LogP contribution in [0.15, 0.2) is 23.1 Å².